The Balaban J connectivity index is 1.96. The molecule has 2 rings (SSSR count). The number of carbonyl (C=O) groups is 1. The van der Waals surface area contributed by atoms with Crippen molar-refractivity contribution in [3.63, 3.8) is 0 Å². The third-order valence-corrected chi connectivity index (χ3v) is 2.91. The van der Waals surface area contributed by atoms with E-state index in [-0.39, 0.29) is 11.7 Å². The summed E-state index contributed by atoms with van der Waals surface area (Å²) in [5.41, 5.74) is 3.75. The van der Waals surface area contributed by atoms with Crippen LogP contribution >= 0.6 is 15.9 Å². The molecule has 0 saturated heterocycles. The standard InChI is InChI=1S/C14H11BrN2O2/c15-12-5-3-11(4-6-12)14(19)17-16-9-10-1-7-13(18)8-2-10/h1-9,18H,(H,17,19)/b16-9+. The zero-order valence-corrected chi connectivity index (χ0v) is 11.5. The van der Waals surface area contributed by atoms with Crippen LogP contribution in [0.25, 0.3) is 0 Å². The van der Waals surface area contributed by atoms with Crippen LogP contribution in [0.2, 0.25) is 0 Å². The molecule has 2 aromatic rings. The minimum atomic E-state index is -0.275. The zero-order chi connectivity index (χ0) is 13.7. The Labute approximate surface area is 118 Å². The van der Waals surface area contributed by atoms with Gasteiger partial charge in [-0.05, 0) is 54.1 Å². The van der Waals surface area contributed by atoms with E-state index in [1.807, 2.05) is 0 Å². The van der Waals surface area contributed by atoms with Gasteiger partial charge in [-0.2, -0.15) is 5.10 Å². The molecule has 19 heavy (non-hydrogen) atoms. The highest BCUT2D eigenvalue weighted by Gasteiger charge is 2.02. The first-order valence-electron chi connectivity index (χ1n) is 5.53. The lowest BCUT2D eigenvalue weighted by Crippen LogP contribution is -2.17. The average molecular weight is 319 g/mol. The van der Waals surface area contributed by atoms with Gasteiger partial charge in [0, 0.05) is 10.0 Å². The maximum atomic E-state index is 11.7. The first kappa shape index (κ1) is 13.3. The Morgan fingerprint density at radius 2 is 1.74 bits per heavy atom. The highest BCUT2D eigenvalue weighted by Crippen LogP contribution is 2.10. The molecule has 0 fully saturated rings. The van der Waals surface area contributed by atoms with Crippen LogP contribution in [-0.4, -0.2) is 17.2 Å². The molecule has 0 bridgehead atoms. The van der Waals surface area contributed by atoms with Gasteiger partial charge >= 0.3 is 0 Å². The van der Waals surface area contributed by atoms with Crippen LogP contribution in [-0.2, 0) is 0 Å². The molecule has 0 heterocycles. The number of phenolic OH excluding ortho intramolecular Hbond substituents is 1. The van der Waals surface area contributed by atoms with Crippen LogP contribution in [0.15, 0.2) is 58.1 Å². The summed E-state index contributed by atoms with van der Waals surface area (Å²) in [7, 11) is 0. The Morgan fingerprint density at radius 1 is 1.11 bits per heavy atom. The van der Waals surface area contributed by atoms with Gasteiger partial charge in [-0.1, -0.05) is 15.9 Å². The van der Waals surface area contributed by atoms with Gasteiger partial charge in [-0.3, -0.25) is 4.79 Å². The molecule has 0 atom stereocenters. The van der Waals surface area contributed by atoms with Gasteiger partial charge in [-0.15, -0.1) is 0 Å². The average Bonchev–Trinajstić information content (AvgIpc) is 2.41. The van der Waals surface area contributed by atoms with Gasteiger partial charge in [0.2, 0.25) is 0 Å². The van der Waals surface area contributed by atoms with Crippen molar-refractivity contribution >= 4 is 28.1 Å². The van der Waals surface area contributed by atoms with Crippen LogP contribution < -0.4 is 5.43 Å². The molecular formula is C14H11BrN2O2. The quantitative estimate of drug-likeness (QED) is 0.675. The molecule has 0 aromatic heterocycles. The molecular weight excluding hydrogens is 308 g/mol. The molecule has 0 spiro atoms. The number of carbonyl (C=O) groups excluding carboxylic acids is 1. The van der Waals surface area contributed by atoms with E-state index in [0.717, 1.165) is 10.0 Å². The molecule has 0 saturated carbocycles. The van der Waals surface area contributed by atoms with Crippen LogP contribution in [0.5, 0.6) is 5.75 Å². The fourth-order valence-corrected chi connectivity index (χ4v) is 1.66. The molecule has 0 aliphatic rings. The molecule has 2 aromatic carbocycles. The number of rotatable bonds is 3. The summed E-state index contributed by atoms with van der Waals surface area (Å²) in [5.74, 6) is -0.0847. The topological polar surface area (TPSA) is 61.7 Å². The maximum absolute atomic E-state index is 11.7. The summed E-state index contributed by atoms with van der Waals surface area (Å²) < 4.78 is 0.914. The summed E-state index contributed by atoms with van der Waals surface area (Å²) in [6.45, 7) is 0. The molecule has 4 nitrogen and oxygen atoms in total. The van der Waals surface area contributed by atoms with E-state index in [0.29, 0.717) is 5.56 Å². The van der Waals surface area contributed by atoms with Crippen molar-refractivity contribution in [3.05, 3.63) is 64.1 Å². The van der Waals surface area contributed by atoms with E-state index < -0.39 is 0 Å². The van der Waals surface area contributed by atoms with Crippen LogP contribution in [0.1, 0.15) is 15.9 Å². The van der Waals surface area contributed by atoms with Crippen molar-refractivity contribution in [2.24, 2.45) is 5.10 Å². The third kappa shape index (κ3) is 3.93. The second-order valence-corrected chi connectivity index (χ2v) is 4.71. The lowest BCUT2D eigenvalue weighted by Gasteiger charge is -1.99. The predicted molar refractivity (Wildman–Crippen MR) is 77.3 cm³/mol. The van der Waals surface area contributed by atoms with Gasteiger partial charge in [0.15, 0.2) is 0 Å². The molecule has 1 amide bonds. The number of nitrogens with zero attached hydrogens (tertiary/aromatic N) is 1. The molecule has 96 valence electrons. The Morgan fingerprint density at radius 3 is 2.37 bits per heavy atom. The SMILES string of the molecule is O=C(N/N=C/c1ccc(O)cc1)c1ccc(Br)cc1. The van der Waals surface area contributed by atoms with E-state index in [9.17, 15) is 4.79 Å². The highest BCUT2D eigenvalue weighted by atomic mass is 79.9. The number of amides is 1. The minimum absolute atomic E-state index is 0.191. The van der Waals surface area contributed by atoms with E-state index >= 15 is 0 Å². The summed E-state index contributed by atoms with van der Waals surface area (Å²) in [6, 6.07) is 13.5. The van der Waals surface area contributed by atoms with Gasteiger partial charge in [0.25, 0.3) is 5.91 Å². The van der Waals surface area contributed by atoms with Crippen LogP contribution in [0, 0.1) is 0 Å². The van der Waals surface area contributed by atoms with E-state index in [4.69, 9.17) is 5.11 Å². The summed E-state index contributed by atoms with van der Waals surface area (Å²) in [4.78, 5) is 11.7. The largest absolute Gasteiger partial charge is 0.508 e. The van der Waals surface area contributed by atoms with E-state index in [2.05, 4.69) is 26.5 Å². The summed E-state index contributed by atoms with van der Waals surface area (Å²) in [5, 5.41) is 13.0. The Kier molecular flexibility index (Phi) is 4.30. The van der Waals surface area contributed by atoms with Crippen molar-refractivity contribution in [2.45, 2.75) is 0 Å². The fourth-order valence-electron chi connectivity index (χ4n) is 1.39. The van der Waals surface area contributed by atoms with Crippen LogP contribution in [0.3, 0.4) is 0 Å². The van der Waals surface area contributed by atoms with Crippen molar-refractivity contribution < 1.29 is 9.90 Å². The fraction of sp³-hybridized carbons (Fsp3) is 0. The molecule has 0 unspecified atom stereocenters. The summed E-state index contributed by atoms with van der Waals surface area (Å²) in [6.07, 6.45) is 1.51. The number of halogens is 1. The second-order valence-electron chi connectivity index (χ2n) is 3.80. The Hall–Kier alpha value is -2.14. The normalized spacial score (nSPS) is 10.6. The van der Waals surface area contributed by atoms with Crippen LogP contribution in [0.4, 0.5) is 0 Å². The Bertz CT molecular complexity index is 592. The van der Waals surface area contributed by atoms with E-state index in [1.54, 1.807) is 48.5 Å². The number of nitrogens with one attached hydrogen (secondary N) is 1. The van der Waals surface area contributed by atoms with Crippen molar-refractivity contribution in [1.29, 1.82) is 0 Å². The molecule has 0 radical (unpaired) electrons. The molecule has 0 aliphatic heterocycles. The van der Waals surface area contributed by atoms with Gasteiger partial charge in [-0.25, -0.2) is 5.43 Å². The monoisotopic (exact) mass is 318 g/mol. The van der Waals surface area contributed by atoms with Crippen molar-refractivity contribution in [1.82, 2.24) is 5.43 Å². The molecule has 2 N–H and O–H groups in total. The number of aromatic hydroxyl groups is 1. The van der Waals surface area contributed by atoms with Crippen molar-refractivity contribution in [2.75, 3.05) is 0 Å². The third-order valence-electron chi connectivity index (χ3n) is 2.38. The number of benzene rings is 2. The zero-order valence-electron chi connectivity index (χ0n) is 9.88. The summed E-state index contributed by atoms with van der Waals surface area (Å²) >= 11 is 3.30. The molecule has 0 aliphatic carbocycles. The molecule has 5 heteroatoms. The number of hydrogen-bond acceptors (Lipinski definition) is 3. The van der Waals surface area contributed by atoms with Gasteiger partial charge in [0.1, 0.15) is 5.75 Å². The number of phenols is 1. The highest BCUT2D eigenvalue weighted by molar-refractivity contribution is 9.10. The van der Waals surface area contributed by atoms with Gasteiger partial charge in [0.05, 0.1) is 6.21 Å². The van der Waals surface area contributed by atoms with Gasteiger partial charge < -0.3 is 5.11 Å². The van der Waals surface area contributed by atoms with E-state index in [1.165, 1.54) is 6.21 Å². The second kappa shape index (κ2) is 6.15. The first-order chi connectivity index (χ1) is 9.15. The predicted octanol–water partition coefficient (Wildman–Crippen LogP) is 2.92. The van der Waals surface area contributed by atoms with Crippen molar-refractivity contribution in [3.8, 4) is 5.75 Å². The number of hydrogen-bond donors (Lipinski definition) is 2. The lowest BCUT2D eigenvalue weighted by molar-refractivity contribution is 0.0955. The lowest BCUT2D eigenvalue weighted by atomic mass is 10.2. The maximum Gasteiger partial charge on any atom is 0.271 e. The number of hydrazone groups is 1. The smallest absolute Gasteiger partial charge is 0.271 e. The minimum Gasteiger partial charge on any atom is -0.508 e. The first-order valence-corrected chi connectivity index (χ1v) is 6.32.